The summed E-state index contributed by atoms with van der Waals surface area (Å²) in [7, 11) is 1.39. The SMILES string of the molecule is Cc1cc2nc3c(=O)n(C)c(=O)[nH]c3nc2cc1N. The predicted molar refractivity (Wildman–Crippen MR) is 72.1 cm³/mol. The largest absolute Gasteiger partial charge is 0.398 e. The topological polar surface area (TPSA) is 107 Å². The first-order chi connectivity index (χ1) is 8.97. The quantitative estimate of drug-likeness (QED) is 0.437. The molecular weight excluding hydrogens is 246 g/mol. The van der Waals surface area contributed by atoms with E-state index in [1.807, 2.05) is 6.92 Å². The molecule has 0 bridgehead atoms. The first-order valence-electron chi connectivity index (χ1n) is 5.64. The Balaban J connectivity index is 2.56. The molecule has 19 heavy (non-hydrogen) atoms. The maximum absolute atomic E-state index is 12.0. The van der Waals surface area contributed by atoms with Gasteiger partial charge in [-0.15, -0.1) is 0 Å². The molecule has 0 aliphatic heterocycles. The fraction of sp³-hybridized carbons (Fsp3) is 0.167. The number of benzene rings is 1. The minimum atomic E-state index is -0.522. The van der Waals surface area contributed by atoms with Crippen LogP contribution in [0.5, 0.6) is 0 Å². The predicted octanol–water partition coefficient (Wildman–Crippen LogP) is 0.0606. The lowest BCUT2D eigenvalue weighted by Gasteiger charge is -2.05. The van der Waals surface area contributed by atoms with Gasteiger partial charge in [-0.2, -0.15) is 0 Å². The third-order valence-electron chi connectivity index (χ3n) is 3.09. The van der Waals surface area contributed by atoms with Crippen molar-refractivity contribution in [2.75, 3.05) is 5.73 Å². The van der Waals surface area contributed by atoms with Gasteiger partial charge in [0.05, 0.1) is 11.0 Å². The Labute approximate surface area is 106 Å². The highest BCUT2D eigenvalue weighted by atomic mass is 16.2. The van der Waals surface area contributed by atoms with Gasteiger partial charge in [-0.25, -0.2) is 14.8 Å². The number of H-pyrrole nitrogens is 1. The molecule has 0 saturated heterocycles. The maximum atomic E-state index is 12.0. The van der Waals surface area contributed by atoms with Crippen LogP contribution in [-0.2, 0) is 7.05 Å². The highest BCUT2D eigenvalue weighted by Crippen LogP contribution is 2.19. The van der Waals surface area contributed by atoms with E-state index in [2.05, 4.69) is 15.0 Å². The van der Waals surface area contributed by atoms with Crippen molar-refractivity contribution in [2.45, 2.75) is 6.92 Å². The lowest BCUT2D eigenvalue weighted by atomic mass is 10.2. The molecule has 0 fully saturated rings. The van der Waals surface area contributed by atoms with Crippen molar-refractivity contribution in [1.82, 2.24) is 19.5 Å². The zero-order valence-corrected chi connectivity index (χ0v) is 10.4. The summed E-state index contributed by atoms with van der Waals surface area (Å²) in [4.78, 5) is 34.5. The Morgan fingerprint density at radius 1 is 1.21 bits per heavy atom. The second kappa shape index (κ2) is 3.64. The van der Waals surface area contributed by atoms with E-state index in [9.17, 15) is 9.59 Å². The van der Waals surface area contributed by atoms with Gasteiger partial charge in [0.1, 0.15) is 0 Å². The number of hydrogen-bond donors (Lipinski definition) is 2. The van der Waals surface area contributed by atoms with E-state index in [4.69, 9.17) is 5.73 Å². The number of nitrogens with one attached hydrogen (secondary N) is 1. The number of aromatic nitrogens is 4. The average molecular weight is 257 g/mol. The van der Waals surface area contributed by atoms with Crippen molar-refractivity contribution in [3.8, 4) is 0 Å². The van der Waals surface area contributed by atoms with Crippen LogP contribution in [0.15, 0.2) is 21.7 Å². The Kier molecular flexibility index (Phi) is 2.19. The van der Waals surface area contributed by atoms with Crippen molar-refractivity contribution in [2.24, 2.45) is 7.05 Å². The molecule has 0 saturated carbocycles. The number of aryl methyl sites for hydroxylation is 1. The lowest BCUT2D eigenvalue weighted by Crippen LogP contribution is -2.33. The van der Waals surface area contributed by atoms with Gasteiger partial charge in [0.25, 0.3) is 5.56 Å². The molecule has 7 heteroatoms. The summed E-state index contributed by atoms with van der Waals surface area (Å²) < 4.78 is 0.965. The number of rotatable bonds is 0. The van der Waals surface area contributed by atoms with Gasteiger partial charge >= 0.3 is 5.69 Å². The number of anilines is 1. The van der Waals surface area contributed by atoms with E-state index >= 15 is 0 Å². The maximum Gasteiger partial charge on any atom is 0.329 e. The second-order valence-electron chi connectivity index (χ2n) is 4.41. The second-order valence-corrected chi connectivity index (χ2v) is 4.41. The molecule has 2 aromatic heterocycles. The van der Waals surface area contributed by atoms with Crippen LogP contribution in [0.3, 0.4) is 0 Å². The fourth-order valence-corrected chi connectivity index (χ4v) is 1.90. The summed E-state index contributed by atoms with van der Waals surface area (Å²) in [6, 6.07) is 3.44. The monoisotopic (exact) mass is 257 g/mol. The zero-order valence-electron chi connectivity index (χ0n) is 10.4. The Morgan fingerprint density at radius 2 is 1.89 bits per heavy atom. The number of fused-ring (bicyclic) bond motifs is 2. The van der Waals surface area contributed by atoms with Gasteiger partial charge in [-0.3, -0.25) is 14.3 Å². The molecule has 0 spiro atoms. The Morgan fingerprint density at radius 3 is 2.63 bits per heavy atom. The van der Waals surface area contributed by atoms with E-state index in [1.54, 1.807) is 12.1 Å². The number of nitrogens with zero attached hydrogens (tertiary/aromatic N) is 3. The number of nitrogen functional groups attached to an aromatic ring is 1. The van der Waals surface area contributed by atoms with Gasteiger partial charge in [-0.1, -0.05) is 0 Å². The molecule has 0 unspecified atom stereocenters. The van der Waals surface area contributed by atoms with Crippen LogP contribution >= 0.6 is 0 Å². The normalized spacial score (nSPS) is 11.3. The van der Waals surface area contributed by atoms with Gasteiger partial charge in [0, 0.05) is 12.7 Å². The molecule has 3 aromatic rings. The smallest absolute Gasteiger partial charge is 0.329 e. The molecule has 2 heterocycles. The Bertz CT molecular complexity index is 939. The number of aromatic amines is 1. The van der Waals surface area contributed by atoms with Crippen molar-refractivity contribution < 1.29 is 0 Å². The molecule has 3 rings (SSSR count). The third-order valence-corrected chi connectivity index (χ3v) is 3.09. The minimum Gasteiger partial charge on any atom is -0.398 e. The van der Waals surface area contributed by atoms with Gasteiger partial charge in [0.15, 0.2) is 11.2 Å². The van der Waals surface area contributed by atoms with Crippen LogP contribution in [0.2, 0.25) is 0 Å². The average Bonchev–Trinajstić information content (AvgIpc) is 2.37. The van der Waals surface area contributed by atoms with E-state index in [1.165, 1.54) is 7.05 Å². The summed E-state index contributed by atoms with van der Waals surface area (Å²) in [6.45, 7) is 1.85. The molecule has 0 aliphatic carbocycles. The minimum absolute atomic E-state index is 0.138. The summed E-state index contributed by atoms with van der Waals surface area (Å²) >= 11 is 0. The summed E-state index contributed by atoms with van der Waals surface area (Å²) in [6.07, 6.45) is 0. The van der Waals surface area contributed by atoms with E-state index < -0.39 is 11.2 Å². The fourth-order valence-electron chi connectivity index (χ4n) is 1.90. The van der Waals surface area contributed by atoms with Gasteiger partial charge in [0.2, 0.25) is 0 Å². The van der Waals surface area contributed by atoms with E-state index in [0.717, 1.165) is 10.1 Å². The highest BCUT2D eigenvalue weighted by molar-refractivity contribution is 5.86. The third kappa shape index (κ3) is 1.59. The van der Waals surface area contributed by atoms with Crippen LogP contribution in [0.1, 0.15) is 5.56 Å². The van der Waals surface area contributed by atoms with Gasteiger partial charge in [-0.05, 0) is 24.6 Å². The van der Waals surface area contributed by atoms with Crippen molar-refractivity contribution in [3.63, 3.8) is 0 Å². The van der Waals surface area contributed by atoms with Crippen LogP contribution in [0.4, 0.5) is 5.69 Å². The summed E-state index contributed by atoms with van der Waals surface area (Å²) in [5.74, 6) is 0. The highest BCUT2D eigenvalue weighted by Gasteiger charge is 2.10. The van der Waals surface area contributed by atoms with Crippen LogP contribution in [-0.4, -0.2) is 19.5 Å². The van der Waals surface area contributed by atoms with Crippen molar-refractivity contribution in [3.05, 3.63) is 38.5 Å². The molecular formula is C12H11N5O2. The lowest BCUT2D eigenvalue weighted by molar-refractivity contribution is 0.788. The van der Waals surface area contributed by atoms with Crippen molar-refractivity contribution in [1.29, 1.82) is 0 Å². The summed E-state index contributed by atoms with van der Waals surface area (Å²) in [5, 5.41) is 0. The molecule has 0 radical (unpaired) electrons. The molecule has 1 aromatic carbocycles. The Hall–Kier alpha value is -2.70. The molecule has 96 valence electrons. The van der Waals surface area contributed by atoms with Crippen LogP contribution in [0.25, 0.3) is 22.2 Å². The zero-order chi connectivity index (χ0) is 13.7. The first-order valence-corrected chi connectivity index (χ1v) is 5.64. The first kappa shape index (κ1) is 11.4. The molecule has 3 N–H and O–H groups in total. The standard InChI is InChI=1S/C12H11N5O2/c1-5-3-7-8(4-6(5)13)15-10-9(14-7)11(18)17(2)12(19)16-10/h3-4H,13H2,1-2H3,(H,15,16,19). The molecule has 7 nitrogen and oxygen atoms in total. The van der Waals surface area contributed by atoms with E-state index in [-0.39, 0.29) is 11.2 Å². The van der Waals surface area contributed by atoms with Crippen LogP contribution in [0, 0.1) is 6.92 Å². The number of hydrogen-bond acceptors (Lipinski definition) is 5. The molecule has 0 atom stereocenters. The number of nitrogens with two attached hydrogens (primary N) is 1. The summed E-state index contributed by atoms with van der Waals surface area (Å²) in [5.41, 5.74) is 7.69. The van der Waals surface area contributed by atoms with E-state index in [0.29, 0.717) is 16.7 Å². The molecule has 0 aliphatic rings. The molecule has 0 amide bonds. The van der Waals surface area contributed by atoms with Gasteiger partial charge < -0.3 is 5.73 Å². The van der Waals surface area contributed by atoms with Crippen molar-refractivity contribution >= 4 is 27.9 Å². The van der Waals surface area contributed by atoms with Crippen LogP contribution < -0.4 is 17.0 Å².